The first-order chi connectivity index (χ1) is 10.8. The van der Waals surface area contributed by atoms with Crippen LogP contribution < -0.4 is 11.5 Å². The van der Waals surface area contributed by atoms with Crippen molar-refractivity contribution in [2.45, 2.75) is 83.7 Å². The van der Waals surface area contributed by atoms with Crippen molar-refractivity contribution in [2.75, 3.05) is 13.1 Å². The lowest BCUT2D eigenvalue weighted by Crippen LogP contribution is -2.57. The van der Waals surface area contributed by atoms with Crippen LogP contribution in [0.5, 0.6) is 0 Å². The molecule has 0 saturated carbocycles. The van der Waals surface area contributed by atoms with E-state index in [2.05, 4.69) is 52.8 Å². The molecule has 0 aliphatic heterocycles. The maximum absolute atomic E-state index is 6.66. The lowest BCUT2D eigenvalue weighted by atomic mass is 10.5. The van der Waals surface area contributed by atoms with Crippen molar-refractivity contribution < 1.29 is 12.3 Å². The summed E-state index contributed by atoms with van der Waals surface area (Å²) in [5.74, 6) is 0. The van der Waals surface area contributed by atoms with Gasteiger partial charge in [0.2, 0.25) is 0 Å². The third-order valence-electron chi connectivity index (χ3n) is 4.08. The topological polar surface area (TPSA) is 79.7 Å². The quantitative estimate of drug-likeness (QED) is 0.449. The van der Waals surface area contributed by atoms with Crippen LogP contribution in [0.1, 0.15) is 19.8 Å². The lowest BCUT2D eigenvalue weighted by Gasteiger charge is -2.42. The van der Waals surface area contributed by atoms with Crippen molar-refractivity contribution >= 4 is 33.8 Å². The molecule has 0 saturated heterocycles. The lowest BCUT2D eigenvalue weighted by molar-refractivity contribution is 0.321. The van der Waals surface area contributed by atoms with E-state index >= 15 is 0 Å². The number of rotatable bonds is 13. The van der Waals surface area contributed by atoms with Crippen LogP contribution in [0.2, 0.25) is 64.0 Å². The summed E-state index contributed by atoms with van der Waals surface area (Å²) in [5.41, 5.74) is 11.3. The predicted octanol–water partition coefficient (Wildman–Crippen LogP) is 3.94. The van der Waals surface area contributed by atoms with Gasteiger partial charge in [-0.25, -0.2) is 0 Å². The fraction of sp³-hybridized carbons (Fsp3) is 1.00. The number of hydrogen-bond donors (Lipinski definition) is 2. The molecule has 0 rings (SSSR count). The Balaban J connectivity index is 4.92. The molecule has 0 aromatic rings. The van der Waals surface area contributed by atoms with Crippen LogP contribution in [-0.4, -0.2) is 46.8 Å². The molecule has 0 amide bonds. The summed E-state index contributed by atoms with van der Waals surface area (Å²) in [5, 5.41) is 0. The van der Waals surface area contributed by atoms with Crippen molar-refractivity contribution in [1.29, 1.82) is 0 Å². The number of nitrogens with two attached hydrogens (primary N) is 2. The summed E-state index contributed by atoms with van der Waals surface area (Å²) in [6.07, 6.45) is 2.06. The molecule has 0 heterocycles. The van der Waals surface area contributed by atoms with Gasteiger partial charge in [-0.15, -0.1) is 0 Å². The second kappa shape index (κ2) is 10.1. The molecule has 0 aromatic heterocycles. The minimum atomic E-state index is -2.22. The van der Waals surface area contributed by atoms with Gasteiger partial charge in [0.1, 0.15) is 0 Å². The molecular weight excluding hydrogens is 369 g/mol. The summed E-state index contributed by atoms with van der Waals surface area (Å²) in [6.45, 7) is 19.3. The van der Waals surface area contributed by atoms with E-state index in [0.29, 0.717) is 0 Å². The molecule has 9 heteroatoms. The summed E-state index contributed by atoms with van der Waals surface area (Å²) >= 11 is 0. The minimum absolute atomic E-state index is 0.730. The van der Waals surface area contributed by atoms with E-state index in [1.807, 2.05) is 0 Å². The zero-order valence-electron chi connectivity index (χ0n) is 17.3. The van der Waals surface area contributed by atoms with E-state index in [-0.39, 0.29) is 0 Å². The van der Waals surface area contributed by atoms with Crippen LogP contribution in [-0.2, 0) is 12.3 Å². The van der Waals surface area contributed by atoms with Crippen molar-refractivity contribution in [3.8, 4) is 0 Å². The fourth-order valence-electron chi connectivity index (χ4n) is 3.11. The zero-order chi connectivity index (χ0) is 19.1. The Bertz CT molecular complexity index is 371. The van der Waals surface area contributed by atoms with E-state index in [9.17, 15) is 0 Å². The maximum atomic E-state index is 6.66. The van der Waals surface area contributed by atoms with E-state index in [4.69, 9.17) is 23.8 Å². The van der Waals surface area contributed by atoms with Crippen molar-refractivity contribution in [2.24, 2.45) is 11.5 Å². The standard InChI is InChI=1S/C15H42N2O3Si4/c1-9-24(8,19-22(4,5)15-11-13-17)20-23(6,7)18-21(2,3)14-10-12-16/h9-17H2,1-8H3. The minimum Gasteiger partial charge on any atom is -0.436 e. The van der Waals surface area contributed by atoms with Gasteiger partial charge >= 0.3 is 17.1 Å². The van der Waals surface area contributed by atoms with E-state index in [1.165, 1.54) is 0 Å². The monoisotopic (exact) mass is 410 g/mol. The highest BCUT2D eigenvalue weighted by molar-refractivity contribution is 6.89. The van der Waals surface area contributed by atoms with Gasteiger partial charge in [-0.05, 0) is 89.9 Å². The zero-order valence-corrected chi connectivity index (χ0v) is 21.3. The Morgan fingerprint density at radius 3 is 1.46 bits per heavy atom. The summed E-state index contributed by atoms with van der Waals surface area (Å²) in [4.78, 5) is 0. The van der Waals surface area contributed by atoms with Crippen LogP contribution in [0.3, 0.4) is 0 Å². The van der Waals surface area contributed by atoms with Gasteiger partial charge in [0, 0.05) is 0 Å². The molecule has 4 N–H and O–H groups in total. The highest BCUT2D eigenvalue weighted by atomic mass is 28.5. The molecule has 0 fully saturated rings. The molecule has 1 unspecified atom stereocenters. The molecule has 0 radical (unpaired) electrons. The average molecular weight is 411 g/mol. The molecule has 0 aliphatic rings. The average Bonchev–Trinajstić information content (AvgIpc) is 2.40. The Kier molecular flexibility index (Phi) is 10.4. The Labute approximate surface area is 154 Å². The van der Waals surface area contributed by atoms with Crippen molar-refractivity contribution in [3.05, 3.63) is 0 Å². The van der Waals surface area contributed by atoms with Crippen molar-refractivity contribution in [3.63, 3.8) is 0 Å². The van der Waals surface area contributed by atoms with E-state index in [0.717, 1.165) is 44.1 Å². The van der Waals surface area contributed by atoms with Crippen LogP contribution >= 0.6 is 0 Å². The Morgan fingerprint density at radius 2 is 1.08 bits per heavy atom. The van der Waals surface area contributed by atoms with Crippen LogP contribution in [0.25, 0.3) is 0 Å². The van der Waals surface area contributed by atoms with Gasteiger partial charge in [-0.2, -0.15) is 0 Å². The normalized spacial score (nSPS) is 16.2. The molecule has 0 aromatic carbocycles. The third kappa shape index (κ3) is 10.6. The van der Waals surface area contributed by atoms with Gasteiger partial charge in [0.05, 0.1) is 0 Å². The van der Waals surface area contributed by atoms with Gasteiger partial charge < -0.3 is 23.8 Å². The summed E-state index contributed by atoms with van der Waals surface area (Å²) < 4.78 is 19.9. The first-order valence-electron chi connectivity index (χ1n) is 9.31. The predicted molar refractivity (Wildman–Crippen MR) is 115 cm³/mol. The second-order valence-electron chi connectivity index (χ2n) is 8.50. The first-order valence-corrected chi connectivity index (χ1v) is 20.9. The smallest absolute Gasteiger partial charge is 0.315 e. The largest absolute Gasteiger partial charge is 0.436 e. The fourth-order valence-corrected chi connectivity index (χ4v) is 22.4. The molecule has 0 spiro atoms. The highest BCUT2D eigenvalue weighted by Gasteiger charge is 2.44. The summed E-state index contributed by atoms with van der Waals surface area (Å²) in [7, 11) is -7.92. The SMILES string of the molecule is CC[Si](C)(O[Si](C)(C)CCCN)O[Si](C)(C)O[Si](C)(C)CCCN. The first kappa shape index (κ1) is 24.7. The van der Waals surface area contributed by atoms with Crippen LogP contribution in [0, 0.1) is 0 Å². The van der Waals surface area contributed by atoms with E-state index in [1.54, 1.807) is 0 Å². The van der Waals surface area contributed by atoms with Crippen LogP contribution in [0.4, 0.5) is 0 Å². The third-order valence-corrected chi connectivity index (χ3v) is 20.3. The van der Waals surface area contributed by atoms with Gasteiger partial charge in [0.25, 0.3) is 0 Å². The Morgan fingerprint density at radius 1 is 0.667 bits per heavy atom. The van der Waals surface area contributed by atoms with Crippen molar-refractivity contribution in [1.82, 2.24) is 0 Å². The molecule has 0 aliphatic carbocycles. The maximum Gasteiger partial charge on any atom is 0.315 e. The molecule has 146 valence electrons. The summed E-state index contributed by atoms with van der Waals surface area (Å²) in [6, 6.07) is 3.14. The highest BCUT2D eigenvalue weighted by Crippen LogP contribution is 2.29. The Hall–Kier alpha value is 0.668. The molecule has 5 nitrogen and oxygen atoms in total. The van der Waals surface area contributed by atoms with Crippen LogP contribution in [0.15, 0.2) is 0 Å². The molecular formula is C15H42N2O3Si4. The van der Waals surface area contributed by atoms with Gasteiger partial charge in [-0.1, -0.05) is 6.92 Å². The molecule has 0 bridgehead atoms. The molecule has 1 atom stereocenters. The van der Waals surface area contributed by atoms with Gasteiger partial charge in [-0.3, -0.25) is 0 Å². The second-order valence-corrected chi connectivity index (χ2v) is 24.8. The molecule has 24 heavy (non-hydrogen) atoms. The van der Waals surface area contributed by atoms with Gasteiger partial charge in [0.15, 0.2) is 16.6 Å². The number of hydrogen-bond acceptors (Lipinski definition) is 5. The van der Waals surface area contributed by atoms with E-state index < -0.39 is 33.8 Å².